The highest BCUT2D eigenvalue weighted by atomic mass is 16.5. The Kier molecular flexibility index (Phi) is 59.9. The Morgan fingerprint density at radius 3 is 0.958 bits per heavy atom. The van der Waals surface area contributed by atoms with Gasteiger partial charge in [0, 0.05) is 12.8 Å². The Labute approximate surface area is 444 Å². The zero-order chi connectivity index (χ0) is 51.4. The number of hydrogen-bond donors (Lipinski definition) is 3. The van der Waals surface area contributed by atoms with Gasteiger partial charge in [-0.05, 0) is 32.1 Å². The van der Waals surface area contributed by atoms with E-state index in [0.29, 0.717) is 19.4 Å². The Balaban J connectivity index is 3.30. The minimum atomic E-state index is -0.839. The van der Waals surface area contributed by atoms with E-state index >= 15 is 0 Å². The molecule has 0 aromatic heterocycles. The molecule has 71 heavy (non-hydrogen) atoms. The number of aliphatic hydroxyl groups is 2. The lowest BCUT2D eigenvalue weighted by Crippen LogP contribution is -2.45. The highest BCUT2D eigenvalue weighted by Gasteiger charge is 2.18. The predicted octanol–water partition coefficient (Wildman–Crippen LogP) is 20.4. The summed E-state index contributed by atoms with van der Waals surface area (Å²) >= 11 is 0. The maximum absolute atomic E-state index is 12.4. The average Bonchev–Trinajstić information content (AvgIpc) is 3.37. The fourth-order valence-electron chi connectivity index (χ4n) is 10.3. The summed E-state index contributed by atoms with van der Waals surface area (Å²) < 4.78 is 5.51. The average molecular weight is 1000 g/mol. The third kappa shape index (κ3) is 57.7. The van der Waals surface area contributed by atoms with Crippen LogP contribution in [-0.2, 0) is 14.3 Å². The fraction of sp³-hybridized carbons (Fsp3) is 0.938. The summed E-state index contributed by atoms with van der Waals surface area (Å²) in [6.45, 7) is 4.91. The van der Waals surface area contributed by atoms with Crippen molar-refractivity contribution in [1.29, 1.82) is 0 Å². The summed E-state index contributed by atoms with van der Waals surface area (Å²) in [4.78, 5) is 24.5. The van der Waals surface area contributed by atoms with Crippen molar-refractivity contribution >= 4 is 11.9 Å². The SMILES string of the molecule is CCCCCCCCC/C=C/C(O)C(CO)NC(=O)CCCCCCCCCCCCCCCCCCCCCCCCCCCCOC(=O)CCCCCCCCCCCCCCCCCCCCC. The fourth-order valence-corrected chi connectivity index (χ4v) is 10.3. The van der Waals surface area contributed by atoms with Crippen LogP contribution in [-0.4, -0.2) is 47.4 Å². The van der Waals surface area contributed by atoms with E-state index in [0.717, 1.165) is 38.5 Å². The first kappa shape index (κ1) is 69.6. The van der Waals surface area contributed by atoms with E-state index in [2.05, 4.69) is 19.2 Å². The van der Waals surface area contributed by atoms with Gasteiger partial charge in [-0.15, -0.1) is 0 Å². The second-order valence-electron chi connectivity index (χ2n) is 22.5. The van der Waals surface area contributed by atoms with Crippen molar-refractivity contribution in [2.75, 3.05) is 13.2 Å². The Hall–Kier alpha value is -1.40. The molecular weight excluding hydrogens is 875 g/mol. The van der Waals surface area contributed by atoms with Gasteiger partial charge in [0.25, 0.3) is 0 Å². The normalized spacial score (nSPS) is 12.6. The van der Waals surface area contributed by atoms with E-state index in [-0.39, 0.29) is 18.5 Å². The topological polar surface area (TPSA) is 95.9 Å². The lowest BCUT2D eigenvalue weighted by atomic mass is 10.0. The van der Waals surface area contributed by atoms with Crippen molar-refractivity contribution < 1.29 is 24.5 Å². The summed E-state index contributed by atoms with van der Waals surface area (Å²) in [5, 5.41) is 23.0. The third-order valence-corrected chi connectivity index (χ3v) is 15.3. The van der Waals surface area contributed by atoms with Gasteiger partial charge >= 0.3 is 5.97 Å². The molecule has 0 saturated heterocycles. The van der Waals surface area contributed by atoms with Crippen LogP contribution in [0.4, 0.5) is 0 Å². The second-order valence-corrected chi connectivity index (χ2v) is 22.5. The number of carbonyl (C=O) groups is 2. The predicted molar refractivity (Wildman–Crippen MR) is 310 cm³/mol. The standard InChI is InChI=1S/C65H127NO5/c1-3-5-7-9-11-13-14-15-16-17-26-30-33-36-39-43-47-51-55-59-65(70)71-60-56-52-48-44-40-37-34-31-28-25-23-21-19-18-20-22-24-27-29-32-35-38-42-46-50-54-58-64(69)66-62(61-67)63(68)57-53-49-45-41-12-10-8-6-4-2/h53,57,62-63,67-68H,3-52,54-56,58-61H2,1-2H3,(H,66,69)/b57-53+. The quantitative estimate of drug-likeness (QED) is 0.0320. The van der Waals surface area contributed by atoms with Crippen LogP contribution in [0.1, 0.15) is 367 Å². The first-order valence-corrected chi connectivity index (χ1v) is 32.5. The lowest BCUT2D eigenvalue weighted by Gasteiger charge is -2.20. The first-order valence-electron chi connectivity index (χ1n) is 32.5. The number of allylic oxidation sites excluding steroid dienone is 1. The molecule has 0 rings (SSSR count). The largest absolute Gasteiger partial charge is 0.466 e. The number of unbranched alkanes of at least 4 members (excludes halogenated alkanes) is 50. The molecule has 1 amide bonds. The molecule has 0 bridgehead atoms. The van der Waals surface area contributed by atoms with Crippen molar-refractivity contribution in [3.63, 3.8) is 0 Å². The van der Waals surface area contributed by atoms with Crippen molar-refractivity contribution in [1.82, 2.24) is 5.32 Å². The minimum Gasteiger partial charge on any atom is -0.466 e. The van der Waals surface area contributed by atoms with Crippen LogP contribution >= 0.6 is 0 Å². The summed E-state index contributed by atoms with van der Waals surface area (Å²) in [6.07, 6.45) is 74.3. The number of esters is 1. The van der Waals surface area contributed by atoms with Gasteiger partial charge < -0.3 is 20.3 Å². The third-order valence-electron chi connectivity index (χ3n) is 15.3. The smallest absolute Gasteiger partial charge is 0.305 e. The molecule has 422 valence electrons. The summed E-state index contributed by atoms with van der Waals surface area (Å²) in [6, 6.07) is -0.623. The number of nitrogens with one attached hydrogen (secondary N) is 1. The Morgan fingerprint density at radius 1 is 0.380 bits per heavy atom. The highest BCUT2D eigenvalue weighted by Crippen LogP contribution is 2.18. The van der Waals surface area contributed by atoms with Crippen LogP contribution in [0, 0.1) is 0 Å². The zero-order valence-electron chi connectivity index (χ0n) is 48.2. The van der Waals surface area contributed by atoms with Crippen LogP contribution < -0.4 is 5.32 Å². The minimum absolute atomic E-state index is 0.0222. The molecule has 0 fully saturated rings. The monoisotopic (exact) mass is 1000 g/mol. The number of ether oxygens (including phenoxy) is 1. The van der Waals surface area contributed by atoms with Gasteiger partial charge in [0.2, 0.25) is 5.91 Å². The van der Waals surface area contributed by atoms with Gasteiger partial charge in [-0.25, -0.2) is 0 Å². The molecule has 0 aromatic rings. The Bertz CT molecular complexity index is 1060. The number of aliphatic hydroxyl groups excluding tert-OH is 2. The number of rotatable bonds is 61. The van der Waals surface area contributed by atoms with Crippen LogP contribution in [0.15, 0.2) is 12.2 Å². The second kappa shape index (κ2) is 61.1. The van der Waals surface area contributed by atoms with Gasteiger partial charge in [0.1, 0.15) is 0 Å². The van der Waals surface area contributed by atoms with Gasteiger partial charge in [0.05, 0.1) is 25.4 Å². The van der Waals surface area contributed by atoms with Crippen molar-refractivity contribution in [3.05, 3.63) is 12.2 Å². The maximum Gasteiger partial charge on any atom is 0.305 e. The summed E-state index contributed by atoms with van der Waals surface area (Å²) in [7, 11) is 0. The summed E-state index contributed by atoms with van der Waals surface area (Å²) in [5.41, 5.74) is 0. The molecule has 2 unspecified atom stereocenters. The highest BCUT2D eigenvalue weighted by molar-refractivity contribution is 5.76. The zero-order valence-corrected chi connectivity index (χ0v) is 48.2. The van der Waals surface area contributed by atoms with Crippen molar-refractivity contribution in [2.24, 2.45) is 0 Å². The van der Waals surface area contributed by atoms with E-state index in [9.17, 15) is 19.8 Å². The number of hydrogen-bond acceptors (Lipinski definition) is 5. The van der Waals surface area contributed by atoms with E-state index in [1.54, 1.807) is 6.08 Å². The molecule has 0 heterocycles. The van der Waals surface area contributed by atoms with E-state index < -0.39 is 12.1 Å². The number of carbonyl (C=O) groups excluding carboxylic acids is 2. The molecule has 0 spiro atoms. The van der Waals surface area contributed by atoms with Gasteiger partial charge in [0.15, 0.2) is 0 Å². The first-order chi connectivity index (χ1) is 35.0. The molecule has 6 nitrogen and oxygen atoms in total. The molecule has 3 N–H and O–H groups in total. The van der Waals surface area contributed by atoms with Crippen LogP contribution in [0.25, 0.3) is 0 Å². The van der Waals surface area contributed by atoms with Crippen LogP contribution in [0.5, 0.6) is 0 Å². The number of amides is 1. The molecule has 0 aromatic carbocycles. The molecular formula is C65H127NO5. The van der Waals surface area contributed by atoms with E-state index in [1.165, 1.54) is 302 Å². The van der Waals surface area contributed by atoms with Gasteiger partial charge in [-0.1, -0.05) is 334 Å². The molecule has 0 aliphatic heterocycles. The van der Waals surface area contributed by atoms with E-state index in [1.807, 2.05) is 6.08 Å². The molecule has 6 heteroatoms. The molecule has 0 radical (unpaired) electrons. The molecule has 2 atom stereocenters. The maximum atomic E-state index is 12.4. The van der Waals surface area contributed by atoms with Crippen molar-refractivity contribution in [2.45, 2.75) is 379 Å². The molecule has 0 saturated carbocycles. The van der Waals surface area contributed by atoms with Crippen LogP contribution in [0.2, 0.25) is 0 Å². The van der Waals surface area contributed by atoms with Gasteiger partial charge in [-0.2, -0.15) is 0 Å². The molecule has 0 aliphatic carbocycles. The van der Waals surface area contributed by atoms with Gasteiger partial charge in [-0.3, -0.25) is 9.59 Å². The van der Waals surface area contributed by atoms with Crippen LogP contribution in [0.3, 0.4) is 0 Å². The van der Waals surface area contributed by atoms with E-state index in [4.69, 9.17) is 4.74 Å². The Morgan fingerprint density at radius 2 is 0.648 bits per heavy atom. The van der Waals surface area contributed by atoms with Crippen molar-refractivity contribution in [3.8, 4) is 0 Å². The molecule has 0 aliphatic rings. The lowest BCUT2D eigenvalue weighted by molar-refractivity contribution is -0.143. The summed E-state index contributed by atoms with van der Waals surface area (Å²) in [5.74, 6) is -0.0447.